The molecule has 5 heteroatoms. The monoisotopic (exact) mass is 249 g/mol. The van der Waals surface area contributed by atoms with Gasteiger partial charge in [0.25, 0.3) is 0 Å². The third kappa shape index (κ3) is 4.55. The van der Waals surface area contributed by atoms with Gasteiger partial charge in [-0.3, -0.25) is 9.59 Å². The lowest BCUT2D eigenvalue weighted by molar-refractivity contribution is -0.117. The highest BCUT2D eigenvalue weighted by Gasteiger charge is 2.12. The smallest absolute Gasteiger partial charge is 0.241 e. The van der Waals surface area contributed by atoms with Gasteiger partial charge in [-0.05, 0) is 24.6 Å². The lowest BCUT2D eigenvalue weighted by Crippen LogP contribution is -2.35. The van der Waals surface area contributed by atoms with Crippen molar-refractivity contribution in [2.75, 3.05) is 10.6 Å². The third-order valence-electron chi connectivity index (χ3n) is 2.39. The highest BCUT2D eigenvalue weighted by Crippen LogP contribution is 2.15. The van der Waals surface area contributed by atoms with Gasteiger partial charge in [0.05, 0.1) is 6.04 Å². The number of carbonyl (C=O) groups excluding carboxylic acids is 2. The average Bonchev–Trinajstić information content (AvgIpc) is 2.28. The van der Waals surface area contributed by atoms with Crippen LogP contribution in [-0.4, -0.2) is 17.9 Å². The molecule has 0 saturated heterocycles. The second-order valence-electron chi connectivity index (χ2n) is 4.15. The summed E-state index contributed by atoms with van der Waals surface area (Å²) in [6, 6.07) is 6.45. The Hall–Kier alpha value is -1.88. The van der Waals surface area contributed by atoms with Crippen molar-refractivity contribution in [2.24, 2.45) is 5.73 Å². The number of rotatable bonds is 5. The number of benzene rings is 1. The average molecular weight is 249 g/mol. The normalized spacial score (nSPS) is 11.7. The largest absolute Gasteiger partial charge is 0.326 e. The summed E-state index contributed by atoms with van der Waals surface area (Å²) in [4.78, 5) is 22.6. The Kier molecular flexibility index (Phi) is 5.32. The molecule has 98 valence electrons. The van der Waals surface area contributed by atoms with Crippen LogP contribution < -0.4 is 16.4 Å². The van der Waals surface area contributed by atoms with Crippen LogP contribution in [0.15, 0.2) is 24.3 Å². The zero-order valence-corrected chi connectivity index (χ0v) is 10.7. The van der Waals surface area contributed by atoms with E-state index in [0.29, 0.717) is 17.8 Å². The first kappa shape index (κ1) is 14.2. The Labute approximate surface area is 107 Å². The maximum Gasteiger partial charge on any atom is 0.241 e. The standard InChI is InChI=1S/C13H19N3O2/c1-3-5-12(14)13(18)16-11-7-4-6-10(8-11)15-9(2)17/h4,6-8,12H,3,5,14H2,1-2H3,(H,15,17)(H,16,18). The van der Waals surface area contributed by atoms with Crippen LogP contribution in [0.4, 0.5) is 11.4 Å². The van der Waals surface area contributed by atoms with Crippen LogP contribution >= 0.6 is 0 Å². The molecule has 1 unspecified atom stereocenters. The molecule has 0 aliphatic rings. The van der Waals surface area contributed by atoms with Crippen LogP contribution in [0.3, 0.4) is 0 Å². The molecule has 0 aromatic heterocycles. The van der Waals surface area contributed by atoms with E-state index >= 15 is 0 Å². The summed E-state index contributed by atoms with van der Waals surface area (Å²) in [5.74, 6) is -0.363. The number of carbonyl (C=O) groups is 2. The molecule has 1 aromatic carbocycles. The predicted molar refractivity (Wildman–Crippen MR) is 72.3 cm³/mol. The van der Waals surface area contributed by atoms with Crippen LogP contribution in [-0.2, 0) is 9.59 Å². The quantitative estimate of drug-likeness (QED) is 0.742. The lowest BCUT2D eigenvalue weighted by atomic mass is 10.1. The SMILES string of the molecule is CCCC(N)C(=O)Nc1cccc(NC(C)=O)c1. The van der Waals surface area contributed by atoms with E-state index in [1.54, 1.807) is 24.3 Å². The van der Waals surface area contributed by atoms with Crippen molar-refractivity contribution in [2.45, 2.75) is 32.7 Å². The summed E-state index contributed by atoms with van der Waals surface area (Å²) < 4.78 is 0. The van der Waals surface area contributed by atoms with Gasteiger partial charge in [0, 0.05) is 18.3 Å². The number of hydrogen-bond acceptors (Lipinski definition) is 3. The number of nitrogens with one attached hydrogen (secondary N) is 2. The molecule has 0 fully saturated rings. The zero-order valence-electron chi connectivity index (χ0n) is 10.7. The Morgan fingerprint density at radius 2 is 1.89 bits per heavy atom. The Balaban J connectivity index is 2.67. The van der Waals surface area contributed by atoms with Crippen LogP contribution in [0.2, 0.25) is 0 Å². The molecule has 5 nitrogen and oxygen atoms in total. The van der Waals surface area contributed by atoms with E-state index in [4.69, 9.17) is 5.73 Å². The van der Waals surface area contributed by atoms with E-state index in [9.17, 15) is 9.59 Å². The van der Waals surface area contributed by atoms with Crippen molar-refractivity contribution >= 4 is 23.2 Å². The number of amides is 2. The number of hydrogen-bond donors (Lipinski definition) is 3. The molecule has 0 bridgehead atoms. The molecule has 18 heavy (non-hydrogen) atoms. The molecule has 0 spiro atoms. The minimum Gasteiger partial charge on any atom is -0.326 e. The Morgan fingerprint density at radius 3 is 2.44 bits per heavy atom. The third-order valence-corrected chi connectivity index (χ3v) is 2.39. The number of anilines is 2. The van der Waals surface area contributed by atoms with E-state index in [2.05, 4.69) is 10.6 Å². The Morgan fingerprint density at radius 1 is 1.28 bits per heavy atom. The van der Waals surface area contributed by atoms with Gasteiger partial charge in [-0.15, -0.1) is 0 Å². The molecule has 0 aliphatic carbocycles. The molecule has 0 heterocycles. The van der Waals surface area contributed by atoms with Gasteiger partial charge < -0.3 is 16.4 Å². The molecular weight excluding hydrogens is 230 g/mol. The maximum absolute atomic E-state index is 11.7. The van der Waals surface area contributed by atoms with Gasteiger partial charge in [0.15, 0.2) is 0 Å². The van der Waals surface area contributed by atoms with Crippen molar-refractivity contribution in [1.29, 1.82) is 0 Å². The molecule has 0 aliphatic heterocycles. The van der Waals surface area contributed by atoms with Crippen LogP contribution in [0.25, 0.3) is 0 Å². The van der Waals surface area contributed by atoms with Gasteiger partial charge in [0.1, 0.15) is 0 Å². The van der Waals surface area contributed by atoms with Crippen molar-refractivity contribution in [1.82, 2.24) is 0 Å². The topological polar surface area (TPSA) is 84.2 Å². The highest BCUT2D eigenvalue weighted by atomic mass is 16.2. The number of nitrogens with two attached hydrogens (primary N) is 1. The molecular formula is C13H19N3O2. The summed E-state index contributed by atoms with van der Waals surface area (Å²) in [6.45, 7) is 3.41. The zero-order chi connectivity index (χ0) is 13.5. The van der Waals surface area contributed by atoms with Crippen molar-refractivity contribution in [3.8, 4) is 0 Å². The molecule has 0 saturated carbocycles. The maximum atomic E-state index is 11.7. The van der Waals surface area contributed by atoms with Gasteiger partial charge in [0.2, 0.25) is 11.8 Å². The van der Waals surface area contributed by atoms with Gasteiger partial charge in [-0.25, -0.2) is 0 Å². The summed E-state index contributed by atoms with van der Waals surface area (Å²) in [5, 5.41) is 5.38. The fourth-order valence-electron chi connectivity index (χ4n) is 1.56. The van der Waals surface area contributed by atoms with Crippen molar-refractivity contribution in [3.05, 3.63) is 24.3 Å². The van der Waals surface area contributed by atoms with Crippen LogP contribution in [0.5, 0.6) is 0 Å². The fraction of sp³-hybridized carbons (Fsp3) is 0.385. The minimum atomic E-state index is -0.501. The van der Waals surface area contributed by atoms with Gasteiger partial charge >= 0.3 is 0 Å². The lowest BCUT2D eigenvalue weighted by Gasteiger charge is -2.12. The summed E-state index contributed by atoms with van der Waals surface area (Å²) in [5.41, 5.74) is 6.98. The molecule has 2 amide bonds. The van der Waals surface area contributed by atoms with E-state index < -0.39 is 6.04 Å². The van der Waals surface area contributed by atoms with Crippen molar-refractivity contribution < 1.29 is 9.59 Å². The van der Waals surface area contributed by atoms with Crippen LogP contribution in [0.1, 0.15) is 26.7 Å². The highest BCUT2D eigenvalue weighted by molar-refractivity contribution is 5.96. The van der Waals surface area contributed by atoms with Crippen molar-refractivity contribution in [3.63, 3.8) is 0 Å². The predicted octanol–water partition coefficient (Wildman–Crippen LogP) is 1.71. The first-order chi connectivity index (χ1) is 8.52. The van der Waals surface area contributed by atoms with E-state index in [0.717, 1.165) is 6.42 Å². The van der Waals surface area contributed by atoms with E-state index in [1.165, 1.54) is 6.92 Å². The van der Waals surface area contributed by atoms with E-state index in [-0.39, 0.29) is 11.8 Å². The first-order valence-corrected chi connectivity index (χ1v) is 5.97. The summed E-state index contributed by atoms with van der Waals surface area (Å²) >= 11 is 0. The summed E-state index contributed by atoms with van der Waals surface area (Å²) in [7, 11) is 0. The Bertz CT molecular complexity index is 432. The van der Waals surface area contributed by atoms with Gasteiger partial charge in [-0.2, -0.15) is 0 Å². The molecule has 0 radical (unpaired) electrons. The first-order valence-electron chi connectivity index (χ1n) is 5.97. The van der Waals surface area contributed by atoms with E-state index in [1.807, 2.05) is 6.92 Å². The minimum absolute atomic E-state index is 0.152. The van der Waals surface area contributed by atoms with Gasteiger partial charge in [-0.1, -0.05) is 19.4 Å². The second-order valence-corrected chi connectivity index (χ2v) is 4.15. The molecule has 1 rings (SSSR count). The summed E-state index contributed by atoms with van der Waals surface area (Å²) in [6.07, 6.45) is 1.51. The second kappa shape index (κ2) is 6.76. The molecule has 1 aromatic rings. The fourth-order valence-corrected chi connectivity index (χ4v) is 1.56. The van der Waals surface area contributed by atoms with Crippen LogP contribution in [0, 0.1) is 0 Å². The molecule has 4 N–H and O–H groups in total. The molecule has 1 atom stereocenters.